The first kappa shape index (κ1) is 18.4. The number of hydrogen-bond donors (Lipinski definition) is 4. The number of methoxy groups -OCH3 is 1. The van der Waals surface area contributed by atoms with Gasteiger partial charge in [0.2, 0.25) is 0 Å². The van der Waals surface area contributed by atoms with E-state index in [1.54, 1.807) is 7.11 Å². The smallest absolute Gasteiger partial charge is 0.196 e. The molecule has 0 fully saturated rings. The molecule has 0 spiro atoms. The maximum atomic E-state index is 5.59. The first-order chi connectivity index (χ1) is 13.6. The van der Waals surface area contributed by atoms with Crippen molar-refractivity contribution in [2.45, 2.75) is 32.6 Å². The summed E-state index contributed by atoms with van der Waals surface area (Å²) in [6.07, 6.45) is 4.76. The number of allylic oxidation sites excluding steroid dienone is 1. The molecule has 4 N–H and O–H groups in total. The average Bonchev–Trinajstić information content (AvgIpc) is 3.13. The quantitative estimate of drug-likeness (QED) is 0.647. The van der Waals surface area contributed by atoms with Crippen molar-refractivity contribution in [2.24, 2.45) is 4.99 Å². The number of aromatic nitrogens is 2. The van der Waals surface area contributed by atoms with Gasteiger partial charge in [-0.1, -0.05) is 0 Å². The molecule has 3 heterocycles. The second-order valence-electron chi connectivity index (χ2n) is 7.07. The van der Waals surface area contributed by atoms with Crippen LogP contribution in [-0.2, 0) is 6.42 Å². The summed E-state index contributed by atoms with van der Waals surface area (Å²) < 4.78 is 7.51. The number of fused-ring (bicyclic) bond motifs is 1. The Morgan fingerprint density at radius 1 is 1.32 bits per heavy atom. The highest BCUT2D eigenvalue weighted by atomic mass is 16.5. The molecule has 0 bridgehead atoms. The molecule has 4 rings (SSSR count). The molecule has 1 aromatic heterocycles. The molecule has 0 saturated heterocycles. The molecule has 2 aliphatic rings. The van der Waals surface area contributed by atoms with Crippen LogP contribution in [0.15, 0.2) is 41.2 Å². The number of rotatable bonds is 4. The Labute approximate surface area is 165 Å². The van der Waals surface area contributed by atoms with Crippen molar-refractivity contribution in [3.8, 4) is 11.4 Å². The predicted molar refractivity (Wildman–Crippen MR) is 111 cm³/mol. The Bertz CT molecular complexity index is 931. The van der Waals surface area contributed by atoms with Crippen molar-refractivity contribution >= 4 is 11.5 Å². The maximum absolute atomic E-state index is 5.59. The van der Waals surface area contributed by atoms with Crippen LogP contribution in [0.25, 0.3) is 5.69 Å². The summed E-state index contributed by atoms with van der Waals surface area (Å²) in [6, 6.07) is 6.29. The van der Waals surface area contributed by atoms with Gasteiger partial charge in [0.15, 0.2) is 6.29 Å². The van der Waals surface area contributed by atoms with Crippen LogP contribution in [-0.4, -0.2) is 42.6 Å². The van der Waals surface area contributed by atoms with Crippen molar-refractivity contribution in [3.05, 3.63) is 47.4 Å². The topological polar surface area (TPSA) is 87.5 Å². The molecule has 2 atom stereocenters. The zero-order chi connectivity index (χ0) is 19.7. The lowest BCUT2D eigenvalue weighted by molar-refractivity contribution is 0.411. The van der Waals surface area contributed by atoms with Gasteiger partial charge in [0.1, 0.15) is 17.3 Å². The van der Waals surface area contributed by atoms with E-state index in [-0.39, 0.29) is 6.29 Å². The molecule has 28 heavy (non-hydrogen) atoms. The molecular formula is C20H27N7O. The van der Waals surface area contributed by atoms with E-state index >= 15 is 0 Å². The molecular weight excluding hydrogens is 354 g/mol. The van der Waals surface area contributed by atoms with Gasteiger partial charge in [-0.3, -0.25) is 0 Å². The Balaban J connectivity index is 1.64. The van der Waals surface area contributed by atoms with E-state index in [0.717, 1.165) is 47.3 Å². The molecule has 0 amide bonds. The van der Waals surface area contributed by atoms with Gasteiger partial charge in [-0.05, 0) is 38.1 Å². The number of nitrogens with one attached hydrogen (secondary N) is 4. The minimum Gasteiger partial charge on any atom is -0.494 e. The zero-order valence-corrected chi connectivity index (χ0v) is 16.7. The van der Waals surface area contributed by atoms with Crippen LogP contribution >= 0.6 is 0 Å². The van der Waals surface area contributed by atoms with Crippen LogP contribution in [0, 0.1) is 0 Å². The van der Waals surface area contributed by atoms with Gasteiger partial charge in [0.25, 0.3) is 0 Å². The van der Waals surface area contributed by atoms with Crippen molar-refractivity contribution in [3.63, 3.8) is 0 Å². The minimum absolute atomic E-state index is 0.247. The summed E-state index contributed by atoms with van der Waals surface area (Å²) in [5.41, 5.74) is 5.26. The molecule has 2 aromatic rings. The number of amidine groups is 1. The minimum atomic E-state index is -0.247. The largest absolute Gasteiger partial charge is 0.494 e. The Kier molecular flexibility index (Phi) is 4.95. The van der Waals surface area contributed by atoms with E-state index in [0.29, 0.717) is 6.04 Å². The molecule has 8 nitrogen and oxygen atoms in total. The van der Waals surface area contributed by atoms with E-state index < -0.39 is 0 Å². The van der Waals surface area contributed by atoms with E-state index in [1.807, 2.05) is 42.9 Å². The summed E-state index contributed by atoms with van der Waals surface area (Å²) in [4.78, 5) is 4.60. The highest BCUT2D eigenvalue weighted by molar-refractivity contribution is 5.94. The lowest BCUT2D eigenvalue weighted by Gasteiger charge is -2.24. The fourth-order valence-corrected chi connectivity index (χ4v) is 3.61. The molecule has 0 saturated carbocycles. The fourth-order valence-electron chi connectivity index (χ4n) is 3.61. The van der Waals surface area contributed by atoms with E-state index in [2.05, 4.69) is 39.4 Å². The SMILES string of the molecule is CNC1=NC(Nc2ccc(OC)c(-n3cc4c(n3)CCNC4C)c2)NC(C)=C1. The van der Waals surface area contributed by atoms with Crippen LogP contribution in [0.1, 0.15) is 31.1 Å². The summed E-state index contributed by atoms with van der Waals surface area (Å²) in [5, 5.41) is 18.1. The lowest BCUT2D eigenvalue weighted by Crippen LogP contribution is -2.39. The predicted octanol–water partition coefficient (Wildman–Crippen LogP) is 1.91. The molecule has 0 radical (unpaired) electrons. The van der Waals surface area contributed by atoms with Crippen molar-refractivity contribution in [1.82, 2.24) is 25.7 Å². The third-order valence-electron chi connectivity index (χ3n) is 5.07. The third kappa shape index (κ3) is 3.55. The van der Waals surface area contributed by atoms with Gasteiger partial charge < -0.3 is 26.0 Å². The van der Waals surface area contributed by atoms with Gasteiger partial charge in [0.05, 0.1) is 12.8 Å². The highest BCUT2D eigenvalue weighted by Crippen LogP contribution is 2.29. The average molecular weight is 381 g/mol. The zero-order valence-electron chi connectivity index (χ0n) is 16.7. The third-order valence-corrected chi connectivity index (χ3v) is 5.07. The van der Waals surface area contributed by atoms with Crippen LogP contribution < -0.4 is 26.0 Å². The Morgan fingerprint density at radius 2 is 2.18 bits per heavy atom. The number of likely N-dealkylation sites (N-methyl/N-ethyl adjacent to an activating group) is 1. The molecule has 0 aliphatic carbocycles. The number of aliphatic imine (C=N–C) groups is 1. The molecule has 8 heteroatoms. The number of hydrogen-bond acceptors (Lipinski definition) is 7. The molecule has 2 unspecified atom stereocenters. The molecule has 148 valence electrons. The standard InChI is InChI=1S/C20H27N7O/c1-12-9-19(21-3)25-20(23-12)24-14-5-6-18(28-4)17(10-14)27-11-15-13(2)22-8-7-16(15)26-27/h5-6,9-11,13,20,22-24H,7-8H2,1-4H3,(H,21,25). The highest BCUT2D eigenvalue weighted by Gasteiger charge is 2.21. The van der Waals surface area contributed by atoms with Gasteiger partial charge >= 0.3 is 0 Å². The first-order valence-electron chi connectivity index (χ1n) is 9.54. The van der Waals surface area contributed by atoms with Gasteiger partial charge in [-0.25, -0.2) is 9.67 Å². The second kappa shape index (κ2) is 7.55. The van der Waals surface area contributed by atoms with Crippen molar-refractivity contribution < 1.29 is 4.74 Å². The van der Waals surface area contributed by atoms with Crippen LogP contribution in [0.4, 0.5) is 5.69 Å². The normalized spacial score (nSPS) is 21.1. The first-order valence-corrected chi connectivity index (χ1v) is 9.54. The number of nitrogens with zero attached hydrogens (tertiary/aromatic N) is 3. The van der Waals surface area contributed by atoms with Crippen LogP contribution in [0.5, 0.6) is 5.75 Å². The summed E-state index contributed by atoms with van der Waals surface area (Å²) in [7, 11) is 3.55. The van der Waals surface area contributed by atoms with Gasteiger partial charge in [-0.2, -0.15) is 5.10 Å². The number of anilines is 1. The fraction of sp³-hybridized carbons (Fsp3) is 0.400. The van der Waals surface area contributed by atoms with Crippen LogP contribution in [0.3, 0.4) is 0 Å². The lowest BCUT2D eigenvalue weighted by atomic mass is 10.0. The summed E-state index contributed by atoms with van der Waals surface area (Å²) >= 11 is 0. The van der Waals surface area contributed by atoms with E-state index in [1.165, 1.54) is 5.56 Å². The van der Waals surface area contributed by atoms with Crippen molar-refractivity contribution in [2.75, 3.05) is 26.0 Å². The monoisotopic (exact) mass is 381 g/mol. The van der Waals surface area contributed by atoms with Crippen molar-refractivity contribution in [1.29, 1.82) is 0 Å². The van der Waals surface area contributed by atoms with Crippen LogP contribution in [0.2, 0.25) is 0 Å². The number of benzene rings is 1. The van der Waals surface area contributed by atoms with Gasteiger partial charge in [-0.15, -0.1) is 0 Å². The van der Waals surface area contributed by atoms with Gasteiger partial charge in [0, 0.05) is 49.2 Å². The molecule has 1 aromatic carbocycles. The second-order valence-corrected chi connectivity index (χ2v) is 7.07. The maximum Gasteiger partial charge on any atom is 0.196 e. The summed E-state index contributed by atoms with van der Waals surface area (Å²) in [5.74, 6) is 1.61. The molecule has 2 aliphatic heterocycles. The Hall–Kier alpha value is -3.00. The van der Waals surface area contributed by atoms with E-state index in [4.69, 9.17) is 9.84 Å². The summed E-state index contributed by atoms with van der Waals surface area (Å²) in [6.45, 7) is 5.14. The Morgan fingerprint density at radius 3 is 2.93 bits per heavy atom. The van der Waals surface area contributed by atoms with E-state index in [9.17, 15) is 0 Å². The number of ether oxygens (including phenoxy) is 1.